The van der Waals surface area contributed by atoms with E-state index in [4.69, 9.17) is 0 Å². The number of nitrogens with zero attached hydrogens (tertiary/aromatic N) is 4. The lowest BCUT2D eigenvalue weighted by Gasteiger charge is -1.82. The van der Waals surface area contributed by atoms with E-state index in [2.05, 4.69) is 15.5 Å². The molecule has 1 aromatic rings. The van der Waals surface area contributed by atoms with E-state index in [0.29, 0.717) is 0 Å². The van der Waals surface area contributed by atoms with Crippen LogP contribution in [0.15, 0.2) is 6.33 Å². The van der Waals surface area contributed by atoms with Gasteiger partial charge in [-0.15, -0.1) is 5.10 Å². The Morgan fingerprint density at radius 2 is 2.50 bits per heavy atom. The van der Waals surface area contributed by atoms with Crippen molar-refractivity contribution in [1.29, 1.82) is 0 Å². The van der Waals surface area contributed by atoms with E-state index in [1.165, 1.54) is 13.3 Å². The van der Waals surface area contributed by atoms with Crippen molar-refractivity contribution < 1.29 is 4.79 Å². The van der Waals surface area contributed by atoms with Gasteiger partial charge in [-0.3, -0.25) is 4.79 Å². The first-order chi connectivity index (χ1) is 3.80. The molecule has 0 aliphatic rings. The molecule has 42 valence electrons. The fraction of sp³-hybridized carbons (Fsp3) is 0.333. The van der Waals surface area contributed by atoms with Gasteiger partial charge < -0.3 is 0 Å². The standard InChI is InChI=1S/C3H4N4O/c1-3(8)7-2-4-5-6-7/h2H,1H3. The van der Waals surface area contributed by atoms with Gasteiger partial charge >= 0.3 is 0 Å². The predicted octanol–water partition coefficient (Wildman–Crippen LogP) is -0.667. The molecule has 0 saturated heterocycles. The molecular weight excluding hydrogens is 108 g/mol. The normalized spacial score (nSPS) is 9.12. The number of aromatic nitrogens is 4. The number of hydrogen-bond acceptors (Lipinski definition) is 4. The summed E-state index contributed by atoms with van der Waals surface area (Å²) in [4.78, 5) is 10.3. The molecule has 0 fully saturated rings. The van der Waals surface area contributed by atoms with Crippen LogP contribution >= 0.6 is 0 Å². The quantitative estimate of drug-likeness (QED) is 0.418. The molecule has 0 aliphatic heterocycles. The lowest BCUT2D eigenvalue weighted by molar-refractivity contribution is 0.0919. The molecule has 0 spiro atoms. The third-order valence-electron chi connectivity index (χ3n) is 0.672. The third kappa shape index (κ3) is 0.699. The lowest BCUT2D eigenvalue weighted by Crippen LogP contribution is -2.05. The predicted molar refractivity (Wildman–Crippen MR) is 24.1 cm³/mol. The van der Waals surface area contributed by atoms with Crippen molar-refractivity contribution in [2.45, 2.75) is 6.92 Å². The van der Waals surface area contributed by atoms with Gasteiger partial charge in [0.2, 0.25) is 5.91 Å². The maximum absolute atomic E-state index is 10.3. The van der Waals surface area contributed by atoms with Gasteiger partial charge in [-0.1, -0.05) is 0 Å². The van der Waals surface area contributed by atoms with Crippen LogP contribution in [0.3, 0.4) is 0 Å². The lowest BCUT2D eigenvalue weighted by atomic mass is 10.7. The van der Waals surface area contributed by atoms with Crippen LogP contribution in [-0.4, -0.2) is 26.1 Å². The Hall–Kier alpha value is -1.26. The molecule has 0 amide bonds. The first kappa shape index (κ1) is 4.89. The zero-order chi connectivity index (χ0) is 5.98. The zero-order valence-electron chi connectivity index (χ0n) is 4.27. The summed E-state index contributed by atoms with van der Waals surface area (Å²) in [5, 5.41) is 9.83. The summed E-state index contributed by atoms with van der Waals surface area (Å²) < 4.78 is 1.06. The van der Waals surface area contributed by atoms with Crippen LogP contribution in [0.25, 0.3) is 0 Å². The minimum absolute atomic E-state index is 0.185. The average molecular weight is 112 g/mol. The summed E-state index contributed by atoms with van der Waals surface area (Å²) in [6.07, 6.45) is 1.25. The molecule has 0 bridgehead atoms. The molecule has 5 nitrogen and oxygen atoms in total. The van der Waals surface area contributed by atoms with Crippen molar-refractivity contribution in [3.63, 3.8) is 0 Å². The average Bonchev–Trinajstić information content (AvgIpc) is 2.12. The number of carbonyl (C=O) groups is 1. The summed E-state index contributed by atoms with van der Waals surface area (Å²) in [5.74, 6) is -0.185. The molecule has 0 N–H and O–H groups in total. The Labute approximate surface area is 45.3 Å². The third-order valence-corrected chi connectivity index (χ3v) is 0.672. The fourth-order valence-corrected chi connectivity index (χ4v) is 0.306. The Morgan fingerprint density at radius 1 is 1.75 bits per heavy atom. The van der Waals surface area contributed by atoms with Gasteiger partial charge in [0.15, 0.2) is 0 Å². The Bertz CT molecular complexity index is 179. The summed E-state index contributed by atoms with van der Waals surface area (Å²) in [6, 6.07) is 0. The minimum atomic E-state index is -0.185. The first-order valence-electron chi connectivity index (χ1n) is 2.04. The second-order valence-electron chi connectivity index (χ2n) is 1.27. The molecular formula is C3H4N4O. The zero-order valence-corrected chi connectivity index (χ0v) is 4.27. The maximum Gasteiger partial charge on any atom is 0.246 e. The molecule has 0 radical (unpaired) electrons. The Morgan fingerprint density at radius 3 is 2.75 bits per heavy atom. The van der Waals surface area contributed by atoms with Gasteiger partial charge in [0.05, 0.1) is 0 Å². The largest absolute Gasteiger partial charge is 0.273 e. The molecule has 0 saturated carbocycles. The van der Waals surface area contributed by atoms with E-state index in [1.807, 2.05) is 0 Å². The molecule has 0 unspecified atom stereocenters. The summed E-state index contributed by atoms with van der Waals surface area (Å²) in [7, 11) is 0. The topological polar surface area (TPSA) is 60.7 Å². The van der Waals surface area contributed by atoms with Gasteiger partial charge in [-0.2, -0.15) is 4.68 Å². The van der Waals surface area contributed by atoms with Crippen LogP contribution in [0.5, 0.6) is 0 Å². The monoisotopic (exact) mass is 112 g/mol. The van der Waals surface area contributed by atoms with Crippen LogP contribution in [0, 0.1) is 0 Å². The van der Waals surface area contributed by atoms with E-state index in [0.717, 1.165) is 4.68 Å². The van der Waals surface area contributed by atoms with E-state index in [1.54, 1.807) is 0 Å². The molecule has 1 aromatic heterocycles. The van der Waals surface area contributed by atoms with Crippen molar-refractivity contribution in [2.24, 2.45) is 0 Å². The highest BCUT2D eigenvalue weighted by molar-refractivity contribution is 5.74. The van der Waals surface area contributed by atoms with Gasteiger partial charge in [0.1, 0.15) is 6.33 Å². The van der Waals surface area contributed by atoms with Crippen molar-refractivity contribution in [3.05, 3.63) is 6.33 Å². The van der Waals surface area contributed by atoms with E-state index >= 15 is 0 Å². The number of tetrazole rings is 1. The SMILES string of the molecule is CC(=O)n1cnnn1. The smallest absolute Gasteiger partial charge is 0.246 e. The Balaban J connectivity index is 2.93. The number of rotatable bonds is 0. The van der Waals surface area contributed by atoms with Crippen molar-refractivity contribution >= 4 is 5.91 Å². The highest BCUT2D eigenvalue weighted by Crippen LogP contribution is 1.72. The van der Waals surface area contributed by atoms with Crippen LogP contribution in [0.2, 0.25) is 0 Å². The summed E-state index contributed by atoms with van der Waals surface area (Å²) in [5.41, 5.74) is 0. The van der Waals surface area contributed by atoms with Gasteiger partial charge in [-0.05, 0) is 10.4 Å². The van der Waals surface area contributed by atoms with Crippen LogP contribution in [0.4, 0.5) is 0 Å². The van der Waals surface area contributed by atoms with Crippen molar-refractivity contribution in [1.82, 2.24) is 20.2 Å². The molecule has 0 aliphatic carbocycles. The van der Waals surface area contributed by atoms with Crippen LogP contribution in [-0.2, 0) is 0 Å². The molecule has 0 atom stereocenters. The molecule has 5 heteroatoms. The van der Waals surface area contributed by atoms with Crippen molar-refractivity contribution in [3.8, 4) is 0 Å². The first-order valence-corrected chi connectivity index (χ1v) is 2.04. The summed E-state index contributed by atoms with van der Waals surface area (Å²) in [6.45, 7) is 1.39. The van der Waals surface area contributed by atoms with Gasteiger partial charge in [0, 0.05) is 6.92 Å². The summed E-state index contributed by atoms with van der Waals surface area (Å²) >= 11 is 0. The van der Waals surface area contributed by atoms with E-state index in [-0.39, 0.29) is 5.91 Å². The molecule has 1 rings (SSSR count). The van der Waals surface area contributed by atoms with E-state index < -0.39 is 0 Å². The second kappa shape index (κ2) is 1.69. The molecule has 8 heavy (non-hydrogen) atoms. The van der Waals surface area contributed by atoms with Crippen LogP contribution < -0.4 is 0 Å². The van der Waals surface area contributed by atoms with E-state index in [9.17, 15) is 4.79 Å². The van der Waals surface area contributed by atoms with Gasteiger partial charge in [-0.25, -0.2) is 0 Å². The van der Waals surface area contributed by atoms with Crippen LogP contribution in [0.1, 0.15) is 11.7 Å². The Kier molecular flexibility index (Phi) is 1.03. The number of hydrogen-bond donors (Lipinski definition) is 0. The van der Waals surface area contributed by atoms with Crippen molar-refractivity contribution in [2.75, 3.05) is 0 Å². The number of carbonyl (C=O) groups excluding carboxylic acids is 1. The molecule has 0 aromatic carbocycles. The minimum Gasteiger partial charge on any atom is -0.273 e. The fourth-order valence-electron chi connectivity index (χ4n) is 0.306. The highest BCUT2D eigenvalue weighted by atomic mass is 16.2. The highest BCUT2D eigenvalue weighted by Gasteiger charge is 1.93. The van der Waals surface area contributed by atoms with Gasteiger partial charge in [0.25, 0.3) is 0 Å². The maximum atomic E-state index is 10.3. The molecule has 1 heterocycles. The second-order valence-corrected chi connectivity index (χ2v) is 1.27.